The third-order valence-corrected chi connectivity index (χ3v) is 11.0. The van der Waals surface area contributed by atoms with Crippen LogP contribution in [0.3, 0.4) is 0 Å². The first-order valence-corrected chi connectivity index (χ1v) is 17.8. The minimum atomic E-state index is -0.197. The topological polar surface area (TPSA) is 8.17 Å². The highest BCUT2D eigenvalue weighted by molar-refractivity contribution is 6.18. The van der Waals surface area contributed by atoms with E-state index in [-0.39, 0.29) is 5.41 Å². The van der Waals surface area contributed by atoms with Crippen molar-refractivity contribution in [2.45, 2.75) is 19.3 Å². The van der Waals surface area contributed by atoms with Crippen LogP contribution in [0.1, 0.15) is 25.0 Å². The molecule has 2 heteroatoms. The molecule has 1 heterocycles. The summed E-state index contributed by atoms with van der Waals surface area (Å²) in [7, 11) is 0. The van der Waals surface area contributed by atoms with Crippen LogP contribution in [0.5, 0.6) is 0 Å². The van der Waals surface area contributed by atoms with Crippen molar-refractivity contribution in [2.24, 2.45) is 0 Å². The highest BCUT2D eigenvalue weighted by atomic mass is 15.1. The molecular weight excluding hydrogens is 617 g/mol. The van der Waals surface area contributed by atoms with E-state index in [0.29, 0.717) is 0 Å². The highest BCUT2D eigenvalue weighted by Gasteiger charge is 2.36. The van der Waals surface area contributed by atoms with Gasteiger partial charge in [-0.3, -0.25) is 0 Å². The van der Waals surface area contributed by atoms with E-state index in [4.69, 9.17) is 0 Å². The number of hydrogen-bond donors (Lipinski definition) is 0. The average Bonchev–Trinajstić information content (AvgIpc) is 3.64. The van der Waals surface area contributed by atoms with Crippen molar-refractivity contribution < 1.29 is 0 Å². The Balaban J connectivity index is 1.10. The number of para-hydroxylation sites is 2. The third kappa shape index (κ3) is 4.57. The number of aromatic nitrogens is 1. The average molecular weight is 653 g/mol. The van der Waals surface area contributed by atoms with Crippen molar-refractivity contribution in [3.63, 3.8) is 0 Å². The Bertz CT molecular complexity index is 2750. The van der Waals surface area contributed by atoms with E-state index >= 15 is 0 Å². The first kappa shape index (κ1) is 29.5. The van der Waals surface area contributed by atoms with Crippen molar-refractivity contribution in [1.82, 2.24) is 4.57 Å². The van der Waals surface area contributed by atoms with Crippen LogP contribution < -0.4 is 4.90 Å². The summed E-state index contributed by atoms with van der Waals surface area (Å²) < 4.78 is 2.48. The van der Waals surface area contributed by atoms with Crippen molar-refractivity contribution >= 4 is 49.6 Å². The van der Waals surface area contributed by atoms with Crippen LogP contribution in [0, 0.1) is 0 Å². The Hall–Kier alpha value is -6.38. The minimum Gasteiger partial charge on any atom is -0.310 e. The SMILES string of the molecule is CC1(C)c2cc(N(c3ccccc3)c3ccc(-c4ccccc4)cc3)ccc2-c2ccc(-n3c4ccccc4c4ccc5ccccc5c43)cc21. The summed E-state index contributed by atoms with van der Waals surface area (Å²) in [6, 6.07) is 66.5. The summed E-state index contributed by atoms with van der Waals surface area (Å²) in [6.45, 7) is 4.77. The lowest BCUT2D eigenvalue weighted by molar-refractivity contribution is 0.660. The fourth-order valence-electron chi connectivity index (χ4n) is 8.45. The van der Waals surface area contributed by atoms with Gasteiger partial charge in [0, 0.05) is 44.3 Å². The van der Waals surface area contributed by atoms with Gasteiger partial charge in [-0.05, 0) is 93.4 Å². The molecule has 0 bridgehead atoms. The molecule has 0 radical (unpaired) electrons. The van der Waals surface area contributed by atoms with Gasteiger partial charge in [-0.2, -0.15) is 0 Å². The molecule has 8 aromatic carbocycles. The van der Waals surface area contributed by atoms with Gasteiger partial charge in [-0.1, -0.05) is 141 Å². The zero-order chi connectivity index (χ0) is 34.1. The van der Waals surface area contributed by atoms with E-state index in [0.717, 1.165) is 17.1 Å². The second kappa shape index (κ2) is 11.3. The minimum absolute atomic E-state index is 0.197. The van der Waals surface area contributed by atoms with Gasteiger partial charge in [0.15, 0.2) is 0 Å². The van der Waals surface area contributed by atoms with Crippen LogP contribution in [0.2, 0.25) is 0 Å². The molecule has 0 saturated carbocycles. The molecule has 0 spiro atoms. The lowest BCUT2D eigenvalue weighted by Gasteiger charge is -2.28. The van der Waals surface area contributed by atoms with Crippen LogP contribution in [-0.2, 0) is 5.41 Å². The summed E-state index contributed by atoms with van der Waals surface area (Å²) in [4.78, 5) is 2.38. The van der Waals surface area contributed by atoms with Gasteiger partial charge in [0.25, 0.3) is 0 Å². The molecule has 0 fully saturated rings. The molecule has 0 atom stereocenters. The van der Waals surface area contributed by atoms with Gasteiger partial charge >= 0.3 is 0 Å². The number of nitrogens with zero attached hydrogens (tertiary/aromatic N) is 2. The van der Waals surface area contributed by atoms with Crippen LogP contribution in [-0.4, -0.2) is 4.57 Å². The predicted octanol–water partition coefficient (Wildman–Crippen LogP) is 13.4. The van der Waals surface area contributed by atoms with Crippen LogP contribution in [0.25, 0.3) is 60.5 Å². The number of hydrogen-bond acceptors (Lipinski definition) is 1. The largest absolute Gasteiger partial charge is 0.310 e. The summed E-state index contributed by atoms with van der Waals surface area (Å²) in [5.74, 6) is 0. The molecule has 1 aliphatic carbocycles. The maximum absolute atomic E-state index is 2.48. The predicted molar refractivity (Wildman–Crippen MR) is 216 cm³/mol. The lowest BCUT2D eigenvalue weighted by Crippen LogP contribution is -2.17. The van der Waals surface area contributed by atoms with Crippen LogP contribution in [0.15, 0.2) is 182 Å². The van der Waals surface area contributed by atoms with E-state index in [2.05, 4.69) is 205 Å². The molecule has 10 rings (SSSR count). The molecule has 242 valence electrons. The van der Waals surface area contributed by atoms with Crippen LogP contribution >= 0.6 is 0 Å². The molecule has 9 aromatic rings. The smallest absolute Gasteiger partial charge is 0.0619 e. The van der Waals surface area contributed by atoms with Crippen LogP contribution in [0.4, 0.5) is 17.1 Å². The zero-order valence-electron chi connectivity index (χ0n) is 28.7. The fourth-order valence-corrected chi connectivity index (χ4v) is 8.45. The van der Waals surface area contributed by atoms with Crippen molar-refractivity contribution in [3.05, 3.63) is 193 Å². The van der Waals surface area contributed by atoms with Gasteiger partial charge in [0.1, 0.15) is 0 Å². The first-order valence-electron chi connectivity index (χ1n) is 17.8. The molecule has 1 aliphatic rings. The van der Waals surface area contributed by atoms with E-state index in [1.54, 1.807) is 0 Å². The van der Waals surface area contributed by atoms with Crippen molar-refractivity contribution in [3.8, 4) is 27.9 Å². The number of anilines is 3. The summed E-state index contributed by atoms with van der Waals surface area (Å²) >= 11 is 0. The molecule has 0 N–H and O–H groups in total. The number of rotatable bonds is 5. The molecule has 0 aliphatic heterocycles. The molecule has 0 saturated heterocycles. The molecule has 0 unspecified atom stereocenters. The molecule has 51 heavy (non-hydrogen) atoms. The highest BCUT2D eigenvalue weighted by Crippen LogP contribution is 2.51. The van der Waals surface area contributed by atoms with Crippen molar-refractivity contribution in [1.29, 1.82) is 0 Å². The standard InChI is InChI=1S/C49H36N2/c1-49(2)45-31-38(50(36-16-7-4-8-17-36)37-24-21-34(22-25-37)33-13-5-3-6-14-33)26-29-41(45)42-30-27-39(32-46(42)49)51-47-20-12-11-19-43(47)44-28-23-35-15-9-10-18-40(35)48(44)51/h3-32H,1-2H3. The van der Waals surface area contributed by atoms with E-state index in [1.807, 2.05) is 0 Å². The lowest BCUT2D eigenvalue weighted by atomic mass is 9.82. The Morgan fingerprint density at radius 3 is 1.80 bits per heavy atom. The monoisotopic (exact) mass is 652 g/mol. The number of benzene rings is 8. The fraction of sp³-hybridized carbons (Fsp3) is 0.0612. The van der Waals surface area contributed by atoms with Gasteiger partial charge in [0.2, 0.25) is 0 Å². The van der Waals surface area contributed by atoms with E-state index < -0.39 is 0 Å². The molecule has 2 nitrogen and oxygen atoms in total. The van der Waals surface area contributed by atoms with Crippen molar-refractivity contribution in [2.75, 3.05) is 4.90 Å². The molecular formula is C49H36N2. The maximum Gasteiger partial charge on any atom is 0.0619 e. The normalized spacial score (nSPS) is 13.1. The van der Waals surface area contributed by atoms with Gasteiger partial charge in [-0.15, -0.1) is 0 Å². The van der Waals surface area contributed by atoms with E-state index in [1.165, 1.54) is 71.6 Å². The Kier molecular flexibility index (Phi) is 6.56. The van der Waals surface area contributed by atoms with Gasteiger partial charge < -0.3 is 9.47 Å². The second-order valence-corrected chi connectivity index (χ2v) is 14.2. The Labute approximate surface area is 298 Å². The molecule has 1 aromatic heterocycles. The maximum atomic E-state index is 2.48. The third-order valence-electron chi connectivity index (χ3n) is 11.0. The van der Waals surface area contributed by atoms with Gasteiger partial charge in [-0.25, -0.2) is 0 Å². The Morgan fingerprint density at radius 1 is 0.431 bits per heavy atom. The molecule has 0 amide bonds. The second-order valence-electron chi connectivity index (χ2n) is 14.2. The quantitative estimate of drug-likeness (QED) is 0.180. The zero-order valence-corrected chi connectivity index (χ0v) is 28.7. The van der Waals surface area contributed by atoms with Gasteiger partial charge in [0.05, 0.1) is 11.0 Å². The summed E-state index contributed by atoms with van der Waals surface area (Å²) in [6.07, 6.45) is 0. The van der Waals surface area contributed by atoms with E-state index in [9.17, 15) is 0 Å². The number of fused-ring (bicyclic) bond motifs is 8. The first-order chi connectivity index (χ1) is 25.1. The Morgan fingerprint density at radius 2 is 1.02 bits per heavy atom. The summed E-state index contributed by atoms with van der Waals surface area (Å²) in [5, 5.41) is 5.10. The summed E-state index contributed by atoms with van der Waals surface area (Å²) in [5.41, 5.74) is 14.7.